The standard InChI is InChI=1S/C37H22N2O/c38-23-24-14-16-25(17-15-24)26-6-3-7-27(20-26)28-8-4-9-29(21-28)30-18-19-33-32(22-30)31-10-5-13-36-37(31)39(33)34-11-1-2-12-35(34)40-36/h1-22H. The first kappa shape index (κ1) is 22.4. The highest BCUT2D eigenvalue weighted by molar-refractivity contribution is 6.13. The topological polar surface area (TPSA) is 38.0 Å². The first-order valence-corrected chi connectivity index (χ1v) is 13.3. The van der Waals surface area contributed by atoms with Crippen molar-refractivity contribution in [1.29, 1.82) is 5.26 Å². The minimum atomic E-state index is 0.669. The van der Waals surface area contributed by atoms with Crippen molar-refractivity contribution in [2.45, 2.75) is 0 Å². The fraction of sp³-hybridized carbons (Fsp3) is 0. The molecule has 1 aliphatic rings. The largest absolute Gasteiger partial charge is 0.453 e. The van der Waals surface area contributed by atoms with Crippen LogP contribution in [0.1, 0.15) is 5.56 Å². The van der Waals surface area contributed by atoms with E-state index in [2.05, 4.69) is 102 Å². The molecule has 6 aromatic carbocycles. The predicted octanol–water partition coefficient (Wildman–Crippen LogP) is 9.76. The highest BCUT2D eigenvalue weighted by Gasteiger charge is 2.23. The van der Waals surface area contributed by atoms with E-state index in [1.54, 1.807) is 0 Å². The van der Waals surface area contributed by atoms with Crippen LogP contribution in [0.15, 0.2) is 133 Å². The normalized spacial score (nSPS) is 11.7. The molecular weight excluding hydrogens is 488 g/mol. The molecule has 0 radical (unpaired) electrons. The molecule has 0 fully saturated rings. The molecule has 0 bridgehead atoms. The number of benzene rings is 6. The number of hydrogen-bond donors (Lipinski definition) is 0. The molecule has 0 spiro atoms. The highest BCUT2D eigenvalue weighted by atomic mass is 16.5. The zero-order valence-corrected chi connectivity index (χ0v) is 21.5. The van der Waals surface area contributed by atoms with Gasteiger partial charge in [-0.2, -0.15) is 5.26 Å². The van der Waals surface area contributed by atoms with Gasteiger partial charge in [0.1, 0.15) is 0 Å². The highest BCUT2D eigenvalue weighted by Crippen LogP contribution is 2.45. The summed E-state index contributed by atoms with van der Waals surface area (Å²) in [7, 11) is 0. The summed E-state index contributed by atoms with van der Waals surface area (Å²) in [5.74, 6) is 1.76. The van der Waals surface area contributed by atoms with E-state index in [0.29, 0.717) is 5.56 Å². The number of ether oxygens (including phenoxy) is 1. The molecule has 8 rings (SSSR count). The van der Waals surface area contributed by atoms with Crippen LogP contribution in [-0.4, -0.2) is 4.57 Å². The third-order valence-corrected chi connectivity index (χ3v) is 7.82. The third kappa shape index (κ3) is 3.44. The molecule has 0 aliphatic carbocycles. The molecule has 0 saturated carbocycles. The first-order chi connectivity index (χ1) is 19.8. The zero-order chi connectivity index (χ0) is 26.6. The first-order valence-electron chi connectivity index (χ1n) is 13.3. The fourth-order valence-corrected chi connectivity index (χ4v) is 5.89. The van der Waals surface area contributed by atoms with E-state index in [4.69, 9.17) is 10.00 Å². The summed E-state index contributed by atoms with van der Waals surface area (Å²) < 4.78 is 8.60. The van der Waals surface area contributed by atoms with Crippen molar-refractivity contribution in [2.24, 2.45) is 0 Å². The Kier molecular flexibility index (Phi) is 4.89. The fourth-order valence-electron chi connectivity index (χ4n) is 5.89. The number of aromatic nitrogens is 1. The summed E-state index contributed by atoms with van der Waals surface area (Å²) in [4.78, 5) is 0. The number of rotatable bonds is 3. The van der Waals surface area contributed by atoms with Gasteiger partial charge < -0.3 is 9.30 Å². The van der Waals surface area contributed by atoms with Crippen LogP contribution >= 0.6 is 0 Å². The van der Waals surface area contributed by atoms with Gasteiger partial charge in [0.05, 0.1) is 28.4 Å². The Morgan fingerprint density at radius 1 is 0.500 bits per heavy atom. The van der Waals surface area contributed by atoms with Crippen LogP contribution in [0.25, 0.3) is 60.9 Å². The summed E-state index contributed by atoms with van der Waals surface area (Å²) >= 11 is 0. The second-order valence-electron chi connectivity index (χ2n) is 10.1. The SMILES string of the molecule is N#Cc1ccc(-c2cccc(-c3cccc(-c4ccc5c(c4)c4cccc6c4n5-c4ccccc4O6)c3)c2)cc1. The Morgan fingerprint density at radius 3 is 1.82 bits per heavy atom. The molecule has 3 nitrogen and oxygen atoms in total. The summed E-state index contributed by atoms with van der Waals surface area (Å²) in [5.41, 5.74) is 10.9. The monoisotopic (exact) mass is 510 g/mol. The lowest BCUT2D eigenvalue weighted by Gasteiger charge is -2.20. The van der Waals surface area contributed by atoms with Crippen molar-refractivity contribution in [3.8, 4) is 56.6 Å². The van der Waals surface area contributed by atoms with E-state index in [1.165, 1.54) is 27.4 Å². The lowest BCUT2D eigenvalue weighted by Crippen LogP contribution is -2.03. The molecule has 1 aromatic heterocycles. The lowest BCUT2D eigenvalue weighted by atomic mass is 9.95. The maximum absolute atomic E-state index is 9.13. The second-order valence-corrected chi connectivity index (χ2v) is 10.1. The number of hydrogen-bond acceptors (Lipinski definition) is 2. The van der Waals surface area contributed by atoms with Gasteiger partial charge in [-0.25, -0.2) is 0 Å². The van der Waals surface area contributed by atoms with Crippen molar-refractivity contribution >= 4 is 21.8 Å². The van der Waals surface area contributed by atoms with Gasteiger partial charge in [-0.15, -0.1) is 0 Å². The van der Waals surface area contributed by atoms with Crippen molar-refractivity contribution in [3.05, 3.63) is 139 Å². The summed E-state index contributed by atoms with van der Waals surface area (Å²) in [6.07, 6.45) is 0. The van der Waals surface area contributed by atoms with Crippen LogP contribution in [-0.2, 0) is 0 Å². The van der Waals surface area contributed by atoms with Gasteiger partial charge in [0.2, 0.25) is 0 Å². The van der Waals surface area contributed by atoms with Gasteiger partial charge in [-0.1, -0.05) is 78.9 Å². The van der Waals surface area contributed by atoms with Gasteiger partial charge in [0.15, 0.2) is 11.5 Å². The van der Waals surface area contributed by atoms with E-state index in [0.717, 1.165) is 45.0 Å². The molecule has 0 amide bonds. The van der Waals surface area contributed by atoms with Gasteiger partial charge >= 0.3 is 0 Å². The lowest BCUT2D eigenvalue weighted by molar-refractivity contribution is 0.476. The maximum Gasteiger partial charge on any atom is 0.152 e. The van der Waals surface area contributed by atoms with Crippen molar-refractivity contribution in [3.63, 3.8) is 0 Å². The van der Waals surface area contributed by atoms with Crippen molar-refractivity contribution in [1.82, 2.24) is 4.57 Å². The predicted molar refractivity (Wildman–Crippen MR) is 162 cm³/mol. The average molecular weight is 511 g/mol. The van der Waals surface area contributed by atoms with Crippen LogP contribution in [0.3, 0.4) is 0 Å². The molecule has 3 heteroatoms. The average Bonchev–Trinajstić information content (AvgIpc) is 3.36. The van der Waals surface area contributed by atoms with Gasteiger partial charge in [0.25, 0.3) is 0 Å². The molecule has 40 heavy (non-hydrogen) atoms. The Balaban J connectivity index is 1.23. The summed E-state index contributed by atoms with van der Waals surface area (Å²) in [6.45, 7) is 0. The number of fused-ring (bicyclic) bond motifs is 5. The minimum Gasteiger partial charge on any atom is -0.453 e. The molecule has 2 heterocycles. The van der Waals surface area contributed by atoms with E-state index in [1.807, 2.05) is 42.5 Å². The number of nitrogens with zero attached hydrogens (tertiary/aromatic N) is 2. The molecule has 0 saturated heterocycles. The number of para-hydroxylation sites is 3. The Labute approximate surface area is 231 Å². The Bertz CT molecular complexity index is 2150. The minimum absolute atomic E-state index is 0.669. The van der Waals surface area contributed by atoms with Crippen LogP contribution in [0.4, 0.5) is 0 Å². The molecule has 0 atom stereocenters. The van der Waals surface area contributed by atoms with Crippen LogP contribution in [0.5, 0.6) is 11.5 Å². The smallest absolute Gasteiger partial charge is 0.152 e. The summed E-state index contributed by atoms with van der Waals surface area (Å²) in [6, 6.07) is 48.5. The molecule has 186 valence electrons. The van der Waals surface area contributed by atoms with Crippen LogP contribution in [0, 0.1) is 11.3 Å². The van der Waals surface area contributed by atoms with E-state index in [-0.39, 0.29) is 0 Å². The number of nitriles is 1. The van der Waals surface area contributed by atoms with E-state index >= 15 is 0 Å². The van der Waals surface area contributed by atoms with Crippen LogP contribution < -0.4 is 4.74 Å². The quantitative estimate of drug-likeness (QED) is 0.237. The van der Waals surface area contributed by atoms with Crippen molar-refractivity contribution < 1.29 is 4.74 Å². The molecular formula is C37H22N2O. The second kappa shape index (κ2) is 8.73. The summed E-state index contributed by atoms with van der Waals surface area (Å²) in [5, 5.41) is 11.5. The third-order valence-electron chi connectivity index (χ3n) is 7.82. The van der Waals surface area contributed by atoms with E-state index < -0.39 is 0 Å². The van der Waals surface area contributed by atoms with Gasteiger partial charge in [0, 0.05) is 10.8 Å². The van der Waals surface area contributed by atoms with Gasteiger partial charge in [-0.05, 0) is 88.0 Å². The van der Waals surface area contributed by atoms with Gasteiger partial charge in [-0.3, -0.25) is 0 Å². The van der Waals surface area contributed by atoms with Crippen LogP contribution in [0.2, 0.25) is 0 Å². The molecule has 7 aromatic rings. The Morgan fingerprint density at radius 2 is 1.10 bits per heavy atom. The maximum atomic E-state index is 9.13. The Hall–Kier alpha value is -5.59. The molecule has 0 unspecified atom stereocenters. The molecule has 0 N–H and O–H groups in total. The zero-order valence-electron chi connectivity index (χ0n) is 21.5. The molecule has 1 aliphatic heterocycles. The van der Waals surface area contributed by atoms with E-state index in [9.17, 15) is 0 Å². The van der Waals surface area contributed by atoms with Crippen molar-refractivity contribution in [2.75, 3.05) is 0 Å².